The van der Waals surface area contributed by atoms with Crippen molar-refractivity contribution in [1.29, 1.82) is 0 Å². The zero-order valence-corrected chi connectivity index (χ0v) is 22.9. The largest absolute Gasteiger partial charge is 0.426 e. The Morgan fingerprint density at radius 2 is 1.62 bits per heavy atom. The summed E-state index contributed by atoms with van der Waals surface area (Å²) in [4.78, 5) is 29.0. The molecule has 196 valence electrons. The van der Waals surface area contributed by atoms with Gasteiger partial charge in [-0.3, -0.25) is 9.69 Å². The van der Waals surface area contributed by atoms with E-state index in [1.54, 1.807) is 17.8 Å². The Labute approximate surface area is 225 Å². The minimum Gasteiger partial charge on any atom is -0.426 e. The molecule has 3 aromatic carbocycles. The minimum atomic E-state index is -0.217. The van der Waals surface area contributed by atoms with Crippen molar-refractivity contribution in [2.45, 2.75) is 75.1 Å². The van der Waals surface area contributed by atoms with E-state index in [9.17, 15) is 9.59 Å². The highest BCUT2D eigenvalue weighted by Gasteiger charge is 2.23. The van der Waals surface area contributed by atoms with Crippen LogP contribution >= 0.6 is 11.8 Å². The van der Waals surface area contributed by atoms with Gasteiger partial charge in [0.05, 0.1) is 6.04 Å². The first-order valence-electron chi connectivity index (χ1n) is 13.2. The molecule has 0 aliphatic rings. The number of carbonyl (C=O) groups is 2. The Morgan fingerprint density at radius 1 is 0.865 bits per heavy atom. The van der Waals surface area contributed by atoms with E-state index < -0.39 is 0 Å². The summed E-state index contributed by atoms with van der Waals surface area (Å²) in [5.41, 5.74) is 1.92. The number of nitrogens with one attached hydrogen (secondary N) is 1. The molecule has 2 amide bonds. The Hall–Kier alpha value is -3.25. The van der Waals surface area contributed by atoms with Crippen LogP contribution in [0.25, 0.3) is 0 Å². The second-order valence-corrected chi connectivity index (χ2v) is 10.2. The fourth-order valence-corrected chi connectivity index (χ4v) is 4.89. The van der Waals surface area contributed by atoms with Crippen LogP contribution < -0.4 is 15.0 Å². The normalized spacial score (nSPS) is 11.5. The molecule has 5 nitrogen and oxygen atoms in total. The molecule has 0 aliphatic carbocycles. The van der Waals surface area contributed by atoms with Gasteiger partial charge in [-0.15, -0.1) is 0 Å². The number of carbonyl (C=O) groups excluding carboxylic acids is 2. The molecule has 0 aromatic heterocycles. The molecule has 1 atom stereocenters. The van der Waals surface area contributed by atoms with Crippen LogP contribution in [0.4, 0.5) is 10.5 Å². The molecule has 0 aliphatic heterocycles. The zero-order chi connectivity index (χ0) is 26.5. The summed E-state index contributed by atoms with van der Waals surface area (Å²) in [6.07, 6.45) is 5.62. The van der Waals surface area contributed by atoms with Crippen LogP contribution in [0.5, 0.6) is 5.75 Å². The average Bonchev–Trinajstić information content (AvgIpc) is 2.90. The lowest BCUT2D eigenvalue weighted by Gasteiger charge is -2.30. The van der Waals surface area contributed by atoms with Crippen LogP contribution in [-0.4, -0.2) is 18.5 Å². The summed E-state index contributed by atoms with van der Waals surface area (Å²) in [6.45, 7) is 6.86. The van der Waals surface area contributed by atoms with Crippen LogP contribution in [0.2, 0.25) is 0 Å². The highest BCUT2D eigenvalue weighted by atomic mass is 32.2. The SMILES string of the molecule is CCCCCCNC(=O)N(c1ccc(Sc2cccc(OC(=O)CCC)c2)cc1)C(C)c1ccccc1. The second-order valence-electron chi connectivity index (χ2n) is 9.04. The molecular formula is C31H38N2O3S. The monoisotopic (exact) mass is 518 g/mol. The maximum absolute atomic E-state index is 13.3. The lowest BCUT2D eigenvalue weighted by atomic mass is 10.1. The van der Waals surface area contributed by atoms with Crippen molar-refractivity contribution in [3.63, 3.8) is 0 Å². The molecule has 0 heterocycles. The summed E-state index contributed by atoms with van der Waals surface area (Å²) in [6, 6.07) is 25.5. The first kappa shape index (κ1) is 28.3. The molecule has 0 fully saturated rings. The number of esters is 1. The van der Waals surface area contributed by atoms with E-state index in [0.717, 1.165) is 40.3 Å². The maximum Gasteiger partial charge on any atom is 0.322 e. The third kappa shape index (κ3) is 8.97. The number of anilines is 1. The first-order valence-corrected chi connectivity index (χ1v) is 14.0. The fraction of sp³-hybridized carbons (Fsp3) is 0.355. The van der Waals surface area contributed by atoms with Crippen molar-refractivity contribution in [3.05, 3.63) is 84.4 Å². The molecule has 1 unspecified atom stereocenters. The standard InChI is InChI=1S/C31H38N2O3S/c1-4-6-7-11-22-32-31(35)33(24(3)25-14-9-8-10-15-25)26-18-20-28(21-19-26)37-29-17-12-16-27(23-29)36-30(34)13-5-2/h8-10,12,14-21,23-24H,4-7,11,13,22H2,1-3H3,(H,32,35). The van der Waals surface area contributed by atoms with Crippen LogP contribution in [0.15, 0.2) is 88.7 Å². The Balaban J connectivity index is 1.73. The van der Waals surface area contributed by atoms with Gasteiger partial charge >= 0.3 is 12.0 Å². The van der Waals surface area contributed by atoms with E-state index >= 15 is 0 Å². The lowest BCUT2D eigenvalue weighted by Crippen LogP contribution is -2.42. The molecule has 0 spiro atoms. The Kier molecular flexibility index (Phi) is 11.6. The predicted molar refractivity (Wildman–Crippen MR) is 152 cm³/mol. The summed E-state index contributed by atoms with van der Waals surface area (Å²) >= 11 is 1.59. The van der Waals surface area contributed by atoms with E-state index in [2.05, 4.69) is 31.3 Å². The molecular weight excluding hydrogens is 480 g/mol. The van der Waals surface area contributed by atoms with Gasteiger partial charge in [-0.05, 0) is 67.8 Å². The molecule has 0 saturated heterocycles. The molecule has 0 saturated carbocycles. The molecule has 0 radical (unpaired) electrons. The number of ether oxygens (including phenoxy) is 1. The van der Waals surface area contributed by atoms with Crippen LogP contribution in [0.3, 0.4) is 0 Å². The highest BCUT2D eigenvalue weighted by Crippen LogP contribution is 2.33. The number of nitrogens with zero attached hydrogens (tertiary/aromatic N) is 1. The van der Waals surface area contributed by atoms with Crippen LogP contribution in [0.1, 0.15) is 70.9 Å². The molecule has 6 heteroatoms. The third-order valence-corrected chi connectivity index (χ3v) is 7.03. The van der Waals surface area contributed by atoms with Gasteiger partial charge in [0.2, 0.25) is 0 Å². The molecule has 0 bridgehead atoms. The third-order valence-electron chi connectivity index (χ3n) is 6.04. The van der Waals surface area contributed by atoms with Gasteiger partial charge in [0.1, 0.15) is 5.75 Å². The highest BCUT2D eigenvalue weighted by molar-refractivity contribution is 7.99. The zero-order valence-electron chi connectivity index (χ0n) is 22.1. The van der Waals surface area contributed by atoms with Crippen molar-refractivity contribution in [1.82, 2.24) is 5.32 Å². The van der Waals surface area contributed by atoms with Gasteiger partial charge in [-0.2, -0.15) is 0 Å². The predicted octanol–water partition coefficient (Wildman–Crippen LogP) is 8.40. The van der Waals surface area contributed by atoms with Gasteiger partial charge < -0.3 is 10.1 Å². The van der Waals surface area contributed by atoms with Crippen molar-refractivity contribution < 1.29 is 14.3 Å². The smallest absolute Gasteiger partial charge is 0.322 e. The summed E-state index contributed by atoms with van der Waals surface area (Å²) < 4.78 is 5.43. The number of benzene rings is 3. The van der Waals surface area contributed by atoms with Gasteiger partial charge in [0, 0.05) is 28.4 Å². The molecule has 3 rings (SSSR count). The fourth-order valence-electron chi connectivity index (χ4n) is 4.03. The van der Waals surface area contributed by atoms with E-state index in [0.29, 0.717) is 18.7 Å². The summed E-state index contributed by atoms with van der Waals surface area (Å²) in [5.74, 6) is 0.337. The van der Waals surface area contributed by atoms with Gasteiger partial charge in [-0.1, -0.05) is 81.3 Å². The second kappa shape index (κ2) is 15.1. The number of rotatable bonds is 13. The van der Waals surface area contributed by atoms with E-state index in [1.165, 1.54) is 12.8 Å². The van der Waals surface area contributed by atoms with Crippen LogP contribution in [-0.2, 0) is 4.79 Å². The Morgan fingerprint density at radius 3 is 2.32 bits per heavy atom. The number of hydrogen-bond donors (Lipinski definition) is 1. The van der Waals surface area contributed by atoms with Crippen molar-refractivity contribution in [3.8, 4) is 5.75 Å². The number of amides is 2. The average molecular weight is 519 g/mol. The van der Waals surface area contributed by atoms with Crippen molar-refractivity contribution in [2.75, 3.05) is 11.4 Å². The van der Waals surface area contributed by atoms with Gasteiger partial charge in [0.25, 0.3) is 0 Å². The number of unbranched alkanes of at least 4 members (excludes halogenated alkanes) is 3. The van der Waals surface area contributed by atoms with Gasteiger partial charge in [0.15, 0.2) is 0 Å². The van der Waals surface area contributed by atoms with Crippen LogP contribution in [0, 0.1) is 0 Å². The number of hydrogen-bond acceptors (Lipinski definition) is 4. The molecule has 3 aromatic rings. The van der Waals surface area contributed by atoms with E-state index in [1.807, 2.05) is 72.5 Å². The lowest BCUT2D eigenvalue weighted by molar-refractivity contribution is -0.134. The summed E-state index contributed by atoms with van der Waals surface area (Å²) in [7, 11) is 0. The van der Waals surface area contributed by atoms with E-state index in [-0.39, 0.29) is 18.0 Å². The van der Waals surface area contributed by atoms with Gasteiger partial charge in [-0.25, -0.2) is 4.79 Å². The van der Waals surface area contributed by atoms with Crippen molar-refractivity contribution in [2.24, 2.45) is 0 Å². The number of urea groups is 1. The first-order chi connectivity index (χ1) is 18.0. The summed E-state index contributed by atoms with van der Waals surface area (Å²) in [5, 5.41) is 3.12. The molecule has 37 heavy (non-hydrogen) atoms. The Bertz CT molecular complexity index is 1120. The molecule has 1 N–H and O–H groups in total. The minimum absolute atomic E-state index is 0.0881. The van der Waals surface area contributed by atoms with E-state index in [4.69, 9.17) is 4.74 Å². The van der Waals surface area contributed by atoms with Crippen molar-refractivity contribution >= 4 is 29.4 Å². The quantitative estimate of drug-likeness (QED) is 0.140. The maximum atomic E-state index is 13.3. The topological polar surface area (TPSA) is 58.6 Å².